The molecule has 0 saturated heterocycles. The monoisotopic (exact) mass is 736 g/mol. The summed E-state index contributed by atoms with van der Waals surface area (Å²) in [6.45, 7) is 1.47. The van der Waals surface area contributed by atoms with E-state index in [4.69, 9.17) is 14.2 Å². The number of allylic oxidation sites excluding steroid dienone is 1. The third-order valence-electron chi connectivity index (χ3n) is 9.46. The number of carbonyl (C=O) groups is 2. The molecular weight excluding hydrogens is 692 g/mol. The predicted molar refractivity (Wildman–Crippen MR) is 204 cm³/mol. The molecule has 2 unspecified atom stereocenters. The van der Waals surface area contributed by atoms with Gasteiger partial charge in [-0.05, 0) is 70.9 Å². The third-order valence-corrected chi connectivity index (χ3v) is 9.46. The fraction of sp³-hybridized carbons (Fsp3) is 0.293. The summed E-state index contributed by atoms with van der Waals surface area (Å²) in [6, 6.07) is 17.6. The molecule has 6 N–H and O–H groups in total. The highest BCUT2D eigenvalue weighted by Gasteiger charge is 2.23. The van der Waals surface area contributed by atoms with E-state index in [2.05, 4.69) is 39.1 Å². The third kappa shape index (κ3) is 8.85. The van der Waals surface area contributed by atoms with Gasteiger partial charge in [-0.25, -0.2) is 4.79 Å². The quantitative estimate of drug-likeness (QED) is 0.0672. The maximum Gasteiger partial charge on any atom is 0.323 e. The van der Waals surface area contributed by atoms with Gasteiger partial charge in [-0.3, -0.25) is 19.9 Å². The van der Waals surface area contributed by atoms with Crippen molar-refractivity contribution in [3.8, 4) is 22.6 Å². The molecule has 282 valence electrons. The molecule has 1 aromatic heterocycles. The fourth-order valence-electron chi connectivity index (χ4n) is 6.50. The number of pyridine rings is 1. The zero-order chi connectivity index (χ0) is 38.8. The van der Waals surface area contributed by atoms with Crippen molar-refractivity contribution in [2.24, 2.45) is 0 Å². The Balaban J connectivity index is 1.34. The molecule has 5 rings (SSSR count). The van der Waals surface area contributed by atoms with Crippen LogP contribution in [0.15, 0.2) is 72.6 Å². The average Bonchev–Trinajstić information content (AvgIpc) is 3.60. The number of benzene rings is 3. The van der Waals surface area contributed by atoms with Gasteiger partial charge in [0.05, 0.1) is 40.6 Å². The van der Waals surface area contributed by atoms with Crippen molar-refractivity contribution >= 4 is 35.2 Å². The van der Waals surface area contributed by atoms with Crippen LogP contribution in [0.1, 0.15) is 50.3 Å². The second-order valence-electron chi connectivity index (χ2n) is 12.6. The van der Waals surface area contributed by atoms with Crippen LogP contribution in [-0.4, -0.2) is 84.7 Å². The van der Waals surface area contributed by atoms with Crippen LogP contribution < -0.4 is 25.4 Å². The predicted octanol–water partition coefficient (Wildman–Crippen LogP) is 4.16. The Labute approximate surface area is 313 Å². The number of rotatable bonds is 17. The Morgan fingerprint density at radius 1 is 0.870 bits per heavy atom. The highest BCUT2D eigenvalue weighted by molar-refractivity contribution is 6.04. The SMILES string of the molecule is COC(=C=O)C(CO)NCc1ccc(/C=C2\CCc3c2cccc3-c2cccc(NC(=O)c3cc(OC)c(CNC(CO)C(=O)O)cn3)c2C)cc1OC. The molecule has 3 aromatic carbocycles. The zero-order valence-corrected chi connectivity index (χ0v) is 30.6. The van der Waals surface area contributed by atoms with Crippen molar-refractivity contribution in [3.63, 3.8) is 0 Å². The van der Waals surface area contributed by atoms with E-state index in [-0.39, 0.29) is 24.6 Å². The summed E-state index contributed by atoms with van der Waals surface area (Å²) in [6.07, 6.45) is 5.30. The first-order valence-electron chi connectivity index (χ1n) is 17.3. The Morgan fingerprint density at radius 3 is 2.22 bits per heavy atom. The van der Waals surface area contributed by atoms with Gasteiger partial charge >= 0.3 is 5.97 Å². The average molecular weight is 737 g/mol. The number of aliphatic carboxylic acids is 1. The molecule has 54 heavy (non-hydrogen) atoms. The Bertz CT molecular complexity index is 2090. The van der Waals surface area contributed by atoms with E-state index in [0.29, 0.717) is 29.3 Å². The lowest BCUT2D eigenvalue weighted by molar-refractivity contribution is -0.140. The summed E-state index contributed by atoms with van der Waals surface area (Å²) in [7, 11) is 4.41. The Kier molecular flexibility index (Phi) is 13.3. The Hall–Kier alpha value is -5.82. The standard InChI is InChI=1S/C41H44N4O9/c1-24-29(7-6-10-33(24)45-40(49)34-17-38(53-3)28(19-42-34)20-44-36(22-47)41(50)51)31-9-5-8-30-26(13-14-32(30)31)15-25-11-12-27(37(16-25)52-2)18-43-35(21-46)39(23-48)54-4/h5-12,15-17,19,35-36,43-44,46-47H,13-14,18,20-22H2,1-4H3,(H,45,49)(H,50,51)/b26-15+. The molecule has 0 fully saturated rings. The van der Waals surface area contributed by atoms with Crippen molar-refractivity contribution in [3.05, 3.63) is 112 Å². The molecule has 1 heterocycles. The van der Waals surface area contributed by atoms with Gasteiger partial charge in [0, 0.05) is 42.2 Å². The number of carbonyl (C=O) groups excluding carboxylic acids is 2. The molecule has 0 aliphatic heterocycles. The minimum atomic E-state index is -1.18. The number of aliphatic hydroxyl groups excluding tert-OH is 2. The van der Waals surface area contributed by atoms with Crippen LogP contribution in [0.2, 0.25) is 0 Å². The number of hydrogen-bond donors (Lipinski definition) is 6. The van der Waals surface area contributed by atoms with Gasteiger partial charge in [0.15, 0.2) is 11.7 Å². The van der Waals surface area contributed by atoms with Crippen molar-refractivity contribution in [2.45, 2.75) is 44.9 Å². The molecule has 1 aliphatic carbocycles. The molecule has 0 bridgehead atoms. The van der Waals surface area contributed by atoms with Crippen LogP contribution in [0, 0.1) is 6.92 Å². The van der Waals surface area contributed by atoms with Gasteiger partial charge in [0.1, 0.15) is 23.2 Å². The van der Waals surface area contributed by atoms with Crippen LogP contribution >= 0.6 is 0 Å². The van der Waals surface area contributed by atoms with Crippen LogP contribution in [0.4, 0.5) is 5.69 Å². The summed E-state index contributed by atoms with van der Waals surface area (Å²) < 4.78 is 16.2. The number of carboxylic acids is 1. The van der Waals surface area contributed by atoms with E-state index in [1.54, 1.807) is 13.1 Å². The van der Waals surface area contributed by atoms with Gasteiger partial charge in [0.2, 0.25) is 0 Å². The van der Waals surface area contributed by atoms with Crippen LogP contribution in [-0.2, 0) is 33.8 Å². The smallest absolute Gasteiger partial charge is 0.323 e. The summed E-state index contributed by atoms with van der Waals surface area (Å²) in [5.74, 6) is 1.11. The minimum Gasteiger partial charge on any atom is -0.496 e. The van der Waals surface area contributed by atoms with Crippen LogP contribution in [0.25, 0.3) is 22.8 Å². The molecule has 0 saturated carbocycles. The number of hydrogen-bond acceptors (Lipinski definition) is 11. The summed E-state index contributed by atoms with van der Waals surface area (Å²) in [5.41, 5.74) is 9.66. The summed E-state index contributed by atoms with van der Waals surface area (Å²) >= 11 is 0. The number of aliphatic hydroxyl groups is 2. The molecule has 0 spiro atoms. The zero-order valence-electron chi connectivity index (χ0n) is 30.6. The number of methoxy groups -OCH3 is 3. The van der Waals surface area contributed by atoms with Crippen molar-refractivity contribution < 1.29 is 43.9 Å². The molecule has 4 aromatic rings. The van der Waals surface area contributed by atoms with Crippen molar-refractivity contribution in [1.29, 1.82) is 0 Å². The van der Waals surface area contributed by atoms with Gasteiger partial charge in [-0.1, -0.05) is 48.5 Å². The first-order chi connectivity index (χ1) is 26.1. The lowest BCUT2D eigenvalue weighted by Gasteiger charge is -2.17. The topological polar surface area (TPSA) is 189 Å². The van der Waals surface area contributed by atoms with E-state index in [0.717, 1.165) is 46.2 Å². The van der Waals surface area contributed by atoms with Gasteiger partial charge < -0.3 is 40.2 Å². The van der Waals surface area contributed by atoms with E-state index in [1.807, 2.05) is 49.4 Å². The number of nitrogens with one attached hydrogen (secondary N) is 3. The Morgan fingerprint density at radius 2 is 1.54 bits per heavy atom. The molecule has 2 atom stereocenters. The number of aromatic nitrogens is 1. The normalized spacial score (nSPS) is 13.8. The second-order valence-corrected chi connectivity index (χ2v) is 12.6. The van der Waals surface area contributed by atoms with Gasteiger partial charge in [0.25, 0.3) is 5.91 Å². The first kappa shape index (κ1) is 39.4. The second kappa shape index (κ2) is 18.3. The summed E-state index contributed by atoms with van der Waals surface area (Å²) in [5, 5.41) is 37.0. The maximum atomic E-state index is 13.4. The molecule has 1 amide bonds. The van der Waals surface area contributed by atoms with E-state index >= 15 is 0 Å². The number of fused-ring (bicyclic) bond motifs is 1. The fourth-order valence-corrected chi connectivity index (χ4v) is 6.50. The number of nitrogens with zero attached hydrogens (tertiary/aromatic N) is 1. The number of amides is 1. The number of anilines is 1. The molecule has 13 nitrogen and oxygen atoms in total. The van der Waals surface area contributed by atoms with Crippen molar-refractivity contribution in [2.75, 3.05) is 39.9 Å². The minimum absolute atomic E-state index is 0.00564. The lowest BCUT2D eigenvalue weighted by Crippen LogP contribution is -2.39. The highest BCUT2D eigenvalue weighted by atomic mass is 16.5. The van der Waals surface area contributed by atoms with Crippen molar-refractivity contribution in [1.82, 2.24) is 15.6 Å². The van der Waals surface area contributed by atoms with E-state index in [9.17, 15) is 29.7 Å². The lowest BCUT2D eigenvalue weighted by atomic mass is 9.92. The van der Waals surface area contributed by atoms with Crippen LogP contribution in [0.5, 0.6) is 11.5 Å². The largest absolute Gasteiger partial charge is 0.496 e. The highest BCUT2D eigenvalue weighted by Crippen LogP contribution is 2.41. The van der Waals surface area contributed by atoms with Crippen LogP contribution in [0.3, 0.4) is 0 Å². The number of carboxylic acid groups (broad SMARTS) is 1. The molecule has 0 radical (unpaired) electrons. The van der Waals surface area contributed by atoms with E-state index < -0.39 is 30.6 Å². The van der Waals surface area contributed by atoms with E-state index in [1.165, 1.54) is 37.6 Å². The molecule has 13 heteroatoms. The first-order valence-corrected chi connectivity index (χ1v) is 17.3. The van der Waals surface area contributed by atoms with Gasteiger partial charge in [-0.2, -0.15) is 0 Å². The van der Waals surface area contributed by atoms with Gasteiger partial charge in [-0.15, -0.1) is 0 Å². The molecule has 1 aliphatic rings. The summed E-state index contributed by atoms with van der Waals surface area (Å²) in [4.78, 5) is 40.1. The maximum absolute atomic E-state index is 13.4. The molecular formula is C41H44N4O9. The number of ether oxygens (including phenoxy) is 3.